The number of benzene rings is 1. The van der Waals surface area contributed by atoms with Crippen molar-refractivity contribution in [1.29, 1.82) is 0 Å². The van der Waals surface area contributed by atoms with Gasteiger partial charge in [0.15, 0.2) is 0 Å². The van der Waals surface area contributed by atoms with E-state index < -0.39 is 0 Å². The molecule has 1 unspecified atom stereocenters. The van der Waals surface area contributed by atoms with Crippen LogP contribution in [0.5, 0.6) is 11.5 Å². The zero-order valence-electron chi connectivity index (χ0n) is 10.2. The molecule has 0 fully saturated rings. The summed E-state index contributed by atoms with van der Waals surface area (Å²) in [6, 6.07) is 4.53. The number of unbranched alkanes of at least 4 members (excludes halogenated alkanes) is 2. The third-order valence-electron chi connectivity index (χ3n) is 2.76. The molecule has 0 aliphatic carbocycles. The molecule has 1 atom stereocenters. The van der Waals surface area contributed by atoms with Gasteiger partial charge in [0.1, 0.15) is 11.5 Å². The van der Waals surface area contributed by atoms with Gasteiger partial charge in [-0.3, -0.25) is 0 Å². The van der Waals surface area contributed by atoms with E-state index in [1.165, 1.54) is 12.1 Å². The van der Waals surface area contributed by atoms with Gasteiger partial charge in [0.2, 0.25) is 0 Å². The number of aliphatic hydroxyl groups excluding tert-OH is 1. The smallest absolute Gasteiger partial charge is 0.120 e. The molecule has 0 heterocycles. The van der Waals surface area contributed by atoms with Crippen LogP contribution >= 0.6 is 0 Å². The summed E-state index contributed by atoms with van der Waals surface area (Å²) in [6.45, 7) is 3.01. The van der Waals surface area contributed by atoms with Crippen LogP contribution in [-0.4, -0.2) is 28.5 Å². The number of rotatable bonds is 7. The number of nitrogens with one attached hydrogen (secondary N) is 1. The number of hydrogen-bond acceptors (Lipinski definition) is 4. The highest BCUT2D eigenvalue weighted by Crippen LogP contribution is 2.27. The fraction of sp³-hybridized carbons (Fsp3) is 0.538. The predicted molar refractivity (Wildman–Crippen MR) is 67.1 cm³/mol. The average Bonchev–Trinajstić information content (AvgIpc) is 2.32. The molecule has 1 aromatic rings. The topological polar surface area (TPSA) is 72.7 Å². The van der Waals surface area contributed by atoms with Crippen molar-refractivity contribution >= 4 is 0 Å². The van der Waals surface area contributed by atoms with Gasteiger partial charge in [-0.2, -0.15) is 0 Å². The average molecular weight is 239 g/mol. The second-order valence-electron chi connectivity index (χ2n) is 4.20. The summed E-state index contributed by atoms with van der Waals surface area (Å²) in [7, 11) is 0. The third-order valence-corrected chi connectivity index (χ3v) is 2.76. The lowest BCUT2D eigenvalue weighted by atomic mass is 10.1. The molecule has 4 nitrogen and oxygen atoms in total. The highest BCUT2D eigenvalue weighted by atomic mass is 16.3. The van der Waals surface area contributed by atoms with Crippen LogP contribution < -0.4 is 5.32 Å². The van der Waals surface area contributed by atoms with E-state index in [0.29, 0.717) is 5.56 Å². The normalized spacial score (nSPS) is 12.6. The first kappa shape index (κ1) is 13.8. The molecule has 0 amide bonds. The molecule has 4 N–H and O–H groups in total. The van der Waals surface area contributed by atoms with Gasteiger partial charge in [0.05, 0.1) is 0 Å². The molecule has 0 aliphatic heterocycles. The maximum absolute atomic E-state index is 9.66. The minimum absolute atomic E-state index is 0.00349. The predicted octanol–water partition coefficient (Wildman–Crippen LogP) is 1.91. The first-order valence-corrected chi connectivity index (χ1v) is 6.01. The van der Waals surface area contributed by atoms with Gasteiger partial charge in [0, 0.05) is 18.2 Å². The van der Waals surface area contributed by atoms with Crippen molar-refractivity contribution in [3.63, 3.8) is 0 Å². The van der Waals surface area contributed by atoms with Gasteiger partial charge >= 0.3 is 0 Å². The second-order valence-corrected chi connectivity index (χ2v) is 4.20. The minimum atomic E-state index is -0.00349. The van der Waals surface area contributed by atoms with Crippen molar-refractivity contribution in [2.75, 3.05) is 13.2 Å². The monoisotopic (exact) mass is 239 g/mol. The molecule has 0 saturated carbocycles. The maximum Gasteiger partial charge on any atom is 0.120 e. The SMILES string of the molecule is CC(NCCCCCO)c1cc(O)ccc1O. The van der Waals surface area contributed by atoms with Crippen molar-refractivity contribution in [3.8, 4) is 11.5 Å². The first-order chi connectivity index (χ1) is 8.15. The molecule has 0 radical (unpaired) electrons. The number of phenols is 2. The molecule has 0 aliphatic rings. The summed E-state index contributed by atoms with van der Waals surface area (Å²) in [5.41, 5.74) is 0.701. The molecular weight excluding hydrogens is 218 g/mol. The summed E-state index contributed by atoms with van der Waals surface area (Å²) in [4.78, 5) is 0. The van der Waals surface area contributed by atoms with Crippen LogP contribution in [-0.2, 0) is 0 Å². The van der Waals surface area contributed by atoms with Crippen LogP contribution in [0.2, 0.25) is 0 Å². The summed E-state index contributed by atoms with van der Waals surface area (Å²) < 4.78 is 0. The molecule has 96 valence electrons. The zero-order valence-corrected chi connectivity index (χ0v) is 10.2. The standard InChI is InChI=1S/C13H21NO3/c1-10(14-7-3-2-4-8-15)12-9-11(16)5-6-13(12)17/h5-6,9-10,14-17H,2-4,7-8H2,1H3. The fourth-order valence-electron chi connectivity index (χ4n) is 1.73. The van der Waals surface area contributed by atoms with E-state index in [2.05, 4.69) is 5.32 Å². The molecule has 0 bridgehead atoms. The highest BCUT2D eigenvalue weighted by molar-refractivity contribution is 5.40. The highest BCUT2D eigenvalue weighted by Gasteiger charge is 2.10. The molecule has 0 aromatic heterocycles. The van der Waals surface area contributed by atoms with E-state index in [4.69, 9.17) is 5.11 Å². The zero-order chi connectivity index (χ0) is 12.7. The Morgan fingerprint density at radius 2 is 1.94 bits per heavy atom. The lowest BCUT2D eigenvalue weighted by Crippen LogP contribution is -2.19. The third kappa shape index (κ3) is 4.63. The van der Waals surface area contributed by atoms with E-state index in [-0.39, 0.29) is 24.1 Å². The molecule has 0 spiro atoms. The van der Waals surface area contributed by atoms with Crippen LogP contribution in [0, 0.1) is 0 Å². The van der Waals surface area contributed by atoms with Gasteiger partial charge in [-0.15, -0.1) is 0 Å². The van der Waals surface area contributed by atoms with Crippen LogP contribution in [0.4, 0.5) is 0 Å². The van der Waals surface area contributed by atoms with Gasteiger partial charge in [0.25, 0.3) is 0 Å². The Labute approximate surface area is 102 Å². The molecule has 1 rings (SSSR count). The van der Waals surface area contributed by atoms with Crippen molar-refractivity contribution < 1.29 is 15.3 Å². The minimum Gasteiger partial charge on any atom is -0.508 e. The van der Waals surface area contributed by atoms with Crippen LogP contribution in [0.1, 0.15) is 37.8 Å². The Kier molecular flexibility index (Phi) is 5.80. The second kappa shape index (κ2) is 7.14. The fourth-order valence-corrected chi connectivity index (χ4v) is 1.73. The van der Waals surface area contributed by atoms with Gasteiger partial charge in [-0.25, -0.2) is 0 Å². The van der Waals surface area contributed by atoms with Crippen LogP contribution in [0.15, 0.2) is 18.2 Å². The number of hydrogen-bond donors (Lipinski definition) is 4. The quantitative estimate of drug-likeness (QED) is 0.433. The summed E-state index contributed by atoms with van der Waals surface area (Å²) in [6.07, 6.45) is 2.81. The molecule has 17 heavy (non-hydrogen) atoms. The van der Waals surface area contributed by atoms with Gasteiger partial charge in [-0.1, -0.05) is 0 Å². The van der Waals surface area contributed by atoms with Crippen molar-refractivity contribution in [2.24, 2.45) is 0 Å². The Balaban J connectivity index is 2.41. The van der Waals surface area contributed by atoms with E-state index in [9.17, 15) is 10.2 Å². The summed E-state index contributed by atoms with van der Waals surface area (Å²) in [5, 5.41) is 30.9. The maximum atomic E-state index is 9.66. The Morgan fingerprint density at radius 3 is 2.65 bits per heavy atom. The molecule has 0 saturated heterocycles. The van der Waals surface area contributed by atoms with Gasteiger partial charge < -0.3 is 20.6 Å². The Bertz CT molecular complexity index is 341. The number of aromatic hydroxyl groups is 2. The largest absolute Gasteiger partial charge is 0.508 e. The molecule has 1 aromatic carbocycles. The van der Waals surface area contributed by atoms with Crippen molar-refractivity contribution in [1.82, 2.24) is 5.32 Å². The Hall–Kier alpha value is -1.26. The summed E-state index contributed by atoms with van der Waals surface area (Å²) in [5.74, 6) is 0.352. The number of phenolic OH excluding ortho intramolecular Hbond substituents is 2. The van der Waals surface area contributed by atoms with Gasteiger partial charge in [-0.05, 0) is 50.9 Å². The van der Waals surface area contributed by atoms with Crippen LogP contribution in [0.3, 0.4) is 0 Å². The van der Waals surface area contributed by atoms with Crippen molar-refractivity contribution in [3.05, 3.63) is 23.8 Å². The Morgan fingerprint density at radius 1 is 1.18 bits per heavy atom. The van der Waals surface area contributed by atoms with Crippen LogP contribution in [0.25, 0.3) is 0 Å². The van der Waals surface area contributed by atoms with E-state index in [1.807, 2.05) is 6.92 Å². The molecular formula is C13H21NO3. The summed E-state index contributed by atoms with van der Waals surface area (Å²) >= 11 is 0. The first-order valence-electron chi connectivity index (χ1n) is 6.01. The van der Waals surface area contributed by atoms with E-state index in [1.54, 1.807) is 6.07 Å². The number of aliphatic hydroxyl groups is 1. The van der Waals surface area contributed by atoms with Crippen molar-refractivity contribution in [2.45, 2.75) is 32.2 Å². The lowest BCUT2D eigenvalue weighted by molar-refractivity contribution is 0.282. The molecule has 4 heteroatoms. The van der Waals surface area contributed by atoms with E-state index in [0.717, 1.165) is 25.8 Å². The lowest BCUT2D eigenvalue weighted by Gasteiger charge is -2.15. The van der Waals surface area contributed by atoms with E-state index >= 15 is 0 Å².